The van der Waals surface area contributed by atoms with Crippen LogP contribution in [0.4, 0.5) is 0 Å². The van der Waals surface area contributed by atoms with Gasteiger partial charge < -0.3 is 9.84 Å². The van der Waals surface area contributed by atoms with Crippen LogP contribution in [0.5, 0.6) is 0 Å². The van der Waals surface area contributed by atoms with E-state index in [4.69, 9.17) is 14.6 Å². The van der Waals surface area contributed by atoms with Gasteiger partial charge in [-0.25, -0.2) is 9.67 Å². The molecule has 5 rings (SSSR count). The third-order valence-corrected chi connectivity index (χ3v) is 5.66. The Kier molecular flexibility index (Phi) is 3.81. The minimum atomic E-state index is -0.117. The van der Waals surface area contributed by atoms with E-state index in [-0.39, 0.29) is 11.3 Å². The number of rotatable bonds is 4. The van der Waals surface area contributed by atoms with Gasteiger partial charge in [-0.05, 0) is 54.3 Å². The highest BCUT2D eigenvalue weighted by Gasteiger charge is 2.49. The van der Waals surface area contributed by atoms with Crippen molar-refractivity contribution >= 4 is 16.9 Å². The summed E-state index contributed by atoms with van der Waals surface area (Å²) in [6.07, 6.45) is 2.78. The summed E-state index contributed by atoms with van der Waals surface area (Å²) in [4.78, 5) is 16.8. The fourth-order valence-corrected chi connectivity index (χ4v) is 3.66. The summed E-state index contributed by atoms with van der Waals surface area (Å²) in [5.74, 6) is 1.85. The molecule has 1 unspecified atom stereocenters. The molecule has 0 radical (unpaired) electrons. The van der Waals surface area contributed by atoms with Gasteiger partial charge in [-0.15, -0.1) is 0 Å². The third-order valence-electron chi connectivity index (χ3n) is 5.66. The minimum absolute atomic E-state index is 0.117. The molecule has 2 aromatic carbocycles. The second kappa shape index (κ2) is 6.27. The molecule has 1 fully saturated rings. The van der Waals surface area contributed by atoms with Crippen LogP contribution >= 0.6 is 0 Å². The topological polar surface area (TPSA) is 85.8 Å². The Hall–Kier alpha value is -3.48. The molecule has 146 valence electrons. The average Bonchev–Trinajstić information content (AvgIpc) is 3.11. The predicted octanol–water partition coefficient (Wildman–Crippen LogP) is 3.95. The standard InChI is InChI=1S/C22H21N5O2/c1-22(2)11-17(22)19-25-20(14-6-9-18-15(10-14)12-24-29-18)27(26-19)16-7-4-13(5-8-16)21(28)23-3/h4-10,12,17H,11H2,1-3H3,(H,23,28). The van der Waals surface area contributed by atoms with Gasteiger partial charge in [0.05, 0.1) is 11.9 Å². The highest BCUT2D eigenvalue weighted by Crippen LogP contribution is 2.57. The average molecular weight is 387 g/mol. The van der Waals surface area contributed by atoms with Crippen molar-refractivity contribution in [1.29, 1.82) is 0 Å². The monoisotopic (exact) mass is 387 g/mol. The fraction of sp³-hybridized carbons (Fsp3) is 0.273. The Labute approximate surface area is 167 Å². The van der Waals surface area contributed by atoms with Crippen molar-refractivity contribution in [3.63, 3.8) is 0 Å². The lowest BCUT2D eigenvalue weighted by molar-refractivity contribution is 0.0963. The van der Waals surface area contributed by atoms with Crippen molar-refractivity contribution in [3.05, 3.63) is 60.0 Å². The molecule has 4 aromatic rings. The molecule has 1 amide bonds. The number of nitrogens with one attached hydrogen (secondary N) is 1. The number of hydrogen-bond acceptors (Lipinski definition) is 5. The number of benzene rings is 2. The lowest BCUT2D eigenvalue weighted by Gasteiger charge is -2.07. The van der Waals surface area contributed by atoms with E-state index < -0.39 is 0 Å². The second-order valence-corrected chi connectivity index (χ2v) is 8.16. The van der Waals surface area contributed by atoms with Gasteiger partial charge in [0, 0.05) is 29.5 Å². The van der Waals surface area contributed by atoms with Crippen molar-refractivity contribution in [2.45, 2.75) is 26.2 Å². The maximum atomic E-state index is 11.9. The smallest absolute Gasteiger partial charge is 0.251 e. The Morgan fingerprint density at radius 3 is 2.66 bits per heavy atom. The number of hydrogen-bond donors (Lipinski definition) is 1. The lowest BCUT2D eigenvalue weighted by atomic mass is 10.1. The van der Waals surface area contributed by atoms with Crippen molar-refractivity contribution in [2.75, 3.05) is 7.05 Å². The van der Waals surface area contributed by atoms with Crippen molar-refractivity contribution in [3.8, 4) is 17.1 Å². The van der Waals surface area contributed by atoms with E-state index in [0.29, 0.717) is 11.5 Å². The van der Waals surface area contributed by atoms with Crippen LogP contribution in [0.2, 0.25) is 0 Å². The fourth-order valence-electron chi connectivity index (χ4n) is 3.66. The zero-order valence-electron chi connectivity index (χ0n) is 16.5. The number of amides is 1. The maximum absolute atomic E-state index is 11.9. The summed E-state index contributed by atoms with van der Waals surface area (Å²) >= 11 is 0. The van der Waals surface area contributed by atoms with Crippen molar-refractivity contribution in [2.24, 2.45) is 5.41 Å². The molecule has 7 heteroatoms. The highest BCUT2D eigenvalue weighted by molar-refractivity contribution is 5.94. The Morgan fingerprint density at radius 2 is 1.97 bits per heavy atom. The molecular formula is C22H21N5O2. The number of nitrogens with zero attached hydrogens (tertiary/aromatic N) is 4. The van der Waals surface area contributed by atoms with E-state index in [2.05, 4.69) is 24.3 Å². The van der Waals surface area contributed by atoms with E-state index in [9.17, 15) is 4.79 Å². The third kappa shape index (κ3) is 2.99. The number of fused-ring (bicyclic) bond motifs is 1. The molecule has 7 nitrogen and oxygen atoms in total. The molecule has 1 saturated carbocycles. The summed E-state index contributed by atoms with van der Waals surface area (Å²) in [6.45, 7) is 4.47. The first-order valence-electron chi connectivity index (χ1n) is 9.60. The summed E-state index contributed by atoms with van der Waals surface area (Å²) in [6, 6.07) is 13.2. The molecule has 0 spiro atoms. The molecule has 0 saturated heterocycles. The number of aromatic nitrogens is 4. The zero-order chi connectivity index (χ0) is 20.2. The number of carbonyl (C=O) groups excluding carboxylic acids is 1. The van der Waals surface area contributed by atoms with Crippen LogP contribution in [-0.2, 0) is 0 Å². The molecular weight excluding hydrogens is 366 g/mol. The first-order chi connectivity index (χ1) is 14.0. The summed E-state index contributed by atoms with van der Waals surface area (Å²) in [5, 5.41) is 12.3. The molecule has 1 aliphatic rings. The molecule has 1 N–H and O–H groups in total. The van der Waals surface area contributed by atoms with E-state index in [1.165, 1.54) is 0 Å². The van der Waals surface area contributed by atoms with Crippen molar-refractivity contribution in [1.82, 2.24) is 25.2 Å². The van der Waals surface area contributed by atoms with Gasteiger partial charge in [-0.2, -0.15) is 5.10 Å². The van der Waals surface area contributed by atoms with Crippen LogP contribution < -0.4 is 5.32 Å². The van der Waals surface area contributed by atoms with Crippen molar-refractivity contribution < 1.29 is 9.32 Å². The number of carbonyl (C=O) groups is 1. The van der Waals surface area contributed by atoms with Crippen LogP contribution in [-0.4, -0.2) is 32.9 Å². The molecule has 2 heterocycles. The van der Waals surface area contributed by atoms with E-state index in [0.717, 1.165) is 40.3 Å². The first-order valence-corrected chi connectivity index (χ1v) is 9.60. The van der Waals surface area contributed by atoms with Gasteiger partial charge >= 0.3 is 0 Å². The van der Waals surface area contributed by atoms with Gasteiger partial charge in [0.25, 0.3) is 5.91 Å². The van der Waals surface area contributed by atoms with E-state index in [1.54, 1.807) is 25.4 Å². The van der Waals surface area contributed by atoms with Crippen LogP contribution in [0, 0.1) is 5.41 Å². The summed E-state index contributed by atoms with van der Waals surface area (Å²) in [5.41, 5.74) is 3.36. The van der Waals surface area contributed by atoms with E-state index >= 15 is 0 Å². The van der Waals surface area contributed by atoms with Gasteiger partial charge in [0.15, 0.2) is 17.2 Å². The molecule has 2 aromatic heterocycles. The van der Waals surface area contributed by atoms with Gasteiger partial charge in [-0.1, -0.05) is 19.0 Å². The maximum Gasteiger partial charge on any atom is 0.251 e. The molecule has 0 bridgehead atoms. The van der Waals surface area contributed by atoms with Gasteiger partial charge in [-0.3, -0.25) is 4.79 Å². The van der Waals surface area contributed by atoms with Gasteiger partial charge in [0.1, 0.15) is 0 Å². The Morgan fingerprint density at radius 1 is 1.21 bits per heavy atom. The van der Waals surface area contributed by atoms with Crippen LogP contribution in [0.15, 0.2) is 53.2 Å². The molecule has 1 aliphatic carbocycles. The largest absolute Gasteiger partial charge is 0.356 e. The Bertz CT molecular complexity index is 1220. The molecule has 29 heavy (non-hydrogen) atoms. The lowest BCUT2D eigenvalue weighted by Crippen LogP contribution is -2.17. The minimum Gasteiger partial charge on any atom is -0.356 e. The highest BCUT2D eigenvalue weighted by atomic mass is 16.5. The quantitative estimate of drug-likeness (QED) is 0.573. The first kappa shape index (κ1) is 17.6. The SMILES string of the molecule is CNC(=O)c1ccc(-n2nc(C3CC3(C)C)nc2-c2ccc3oncc3c2)cc1. The molecule has 1 atom stereocenters. The zero-order valence-corrected chi connectivity index (χ0v) is 16.5. The Balaban J connectivity index is 1.62. The van der Waals surface area contributed by atoms with E-state index in [1.807, 2.05) is 35.0 Å². The normalized spacial score (nSPS) is 17.4. The predicted molar refractivity (Wildman–Crippen MR) is 109 cm³/mol. The van der Waals surface area contributed by atoms with Crippen LogP contribution in [0.25, 0.3) is 28.0 Å². The van der Waals surface area contributed by atoms with Crippen LogP contribution in [0.3, 0.4) is 0 Å². The van der Waals surface area contributed by atoms with Gasteiger partial charge in [0.2, 0.25) is 0 Å². The summed E-state index contributed by atoms with van der Waals surface area (Å²) < 4.78 is 7.07. The van der Waals surface area contributed by atoms with Crippen LogP contribution in [0.1, 0.15) is 42.4 Å². The summed E-state index contributed by atoms with van der Waals surface area (Å²) in [7, 11) is 1.62. The molecule has 0 aliphatic heterocycles. The second-order valence-electron chi connectivity index (χ2n) is 8.16.